The fourth-order valence-electron chi connectivity index (χ4n) is 8.82. The summed E-state index contributed by atoms with van der Waals surface area (Å²) in [6.45, 7) is 0. The van der Waals surface area contributed by atoms with Crippen molar-refractivity contribution in [2.24, 2.45) is 0 Å². The molecule has 0 aliphatic heterocycles. The quantitative estimate of drug-likeness (QED) is 0.168. The Hall–Kier alpha value is -6.84. The van der Waals surface area contributed by atoms with Gasteiger partial charge in [0.05, 0.1) is 22.2 Å². The molecule has 0 N–H and O–H groups in total. The summed E-state index contributed by atoms with van der Waals surface area (Å²) in [5, 5.41) is 8.63. The molecule has 0 atom stereocenters. The highest BCUT2D eigenvalue weighted by atomic mass is 15.2. The number of allylic oxidation sites excluding steroid dienone is 1. The third kappa shape index (κ3) is 4.89. The summed E-state index contributed by atoms with van der Waals surface area (Å²) < 4.78 is 2.31. The van der Waals surface area contributed by atoms with Crippen LogP contribution in [-0.4, -0.2) is 14.5 Å². The van der Waals surface area contributed by atoms with Crippen LogP contribution in [0, 0.1) is 0 Å². The van der Waals surface area contributed by atoms with Gasteiger partial charge < -0.3 is 0 Å². The number of hydrogen-bond acceptors (Lipinski definition) is 2. The SMILES string of the molecule is C1=Cc2c(ccc3c2c2ccc(-c4cccc5c(Cc6ccccc6)cc6ccccc6c45)cc2n3-c2nc(-c3ccccc3)c3ccccc3n2)CC1. The van der Waals surface area contributed by atoms with Crippen molar-refractivity contribution in [3.05, 3.63) is 192 Å². The van der Waals surface area contributed by atoms with Gasteiger partial charge in [-0.1, -0.05) is 158 Å². The van der Waals surface area contributed by atoms with E-state index < -0.39 is 0 Å². The second-order valence-corrected chi connectivity index (χ2v) is 14.4. The highest BCUT2D eigenvalue weighted by Crippen LogP contribution is 2.42. The Balaban J connectivity index is 1.21. The zero-order valence-electron chi connectivity index (χ0n) is 29.7. The molecule has 10 aromatic rings. The van der Waals surface area contributed by atoms with Gasteiger partial charge in [-0.3, -0.25) is 4.57 Å². The van der Waals surface area contributed by atoms with Crippen LogP contribution in [0.1, 0.15) is 28.7 Å². The van der Waals surface area contributed by atoms with Crippen LogP contribution in [0.3, 0.4) is 0 Å². The minimum Gasteiger partial charge on any atom is -0.278 e. The first kappa shape index (κ1) is 30.8. The molecule has 0 spiro atoms. The first-order valence-electron chi connectivity index (χ1n) is 18.9. The number of aryl methyl sites for hydroxylation is 1. The molecule has 54 heavy (non-hydrogen) atoms. The van der Waals surface area contributed by atoms with Gasteiger partial charge in [0.25, 0.3) is 0 Å². The van der Waals surface area contributed by atoms with Crippen LogP contribution in [0.15, 0.2) is 170 Å². The topological polar surface area (TPSA) is 30.7 Å². The number of fused-ring (bicyclic) bond motifs is 9. The van der Waals surface area contributed by atoms with E-state index in [1.807, 2.05) is 0 Å². The Kier molecular flexibility index (Phi) is 7.06. The van der Waals surface area contributed by atoms with Crippen molar-refractivity contribution in [1.29, 1.82) is 0 Å². The molecule has 3 nitrogen and oxygen atoms in total. The maximum absolute atomic E-state index is 5.40. The Bertz CT molecular complexity index is 3120. The Morgan fingerprint density at radius 2 is 1.31 bits per heavy atom. The molecule has 1 aliphatic carbocycles. The summed E-state index contributed by atoms with van der Waals surface area (Å²) in [6.07, 6.45) is 7.62. The van der Waals surface area contributed by atoms with Crippen LogP contribution < -0.4 is 0 Å². The van der Waals surface area contributed by atoms with Crippen molar-refractivity contribution in [2.45, 2.75) is 19.3 Å². The molecule has 2 heterocycles. The number of para-hydroxylation sites is 1. The Morgan fingerprint density at radius 1 is 0.537 bits per heavy atom. The highest BCUT2D eigenvalue weighted by Gasteiger charge is 2.22. The first-order chi connectivity index (χ1) is 26.8. The van der Waals surface area contributed by atoms with Gasteiger partial charge in [-0.2, -0.15) is 0 Å². The zero-order valence-corrected chi connectivity index (χ0v) is 29.7. The molecule has 11 rings (SSSR count). The molecular weight excluding hydrogens is 655 g/mol. The van der Waals surface area contributed by atoms with E-state index in [1.54, 1.807) is 0 Å². The van der Waals surface area contributed by atoms with Crippen molar-refractivity contribution in [2.75, 3.05) is 0 Å². The molecule has 8 aromatic carbocycles. The summed E-state index contributed by atoms with van der Waals surface area (Å²) in [7, 11) is 0. The second kappa shape index (κ2) is 12.4. The van der Waals surface area contributed by atoms with Gasteiger partial charge in [0.1, 0.15) is 0 Å². The van der Waals surface area contributed by atoms with Gasteiger partial charge in [0.15, 0.2) is 0 Å². The van der Waals surface area contributed by atoms with E-state index in [0.717, 1.165) is 52.5 Å². The fraction of sp³-hybridized carbons (Fsp3) is 0.0588. The molecule has 3 heteroatoms. The van der Waals surface area contributed by atoms with E-state index in [-0.39, 0.29) is 0 Å². The lowest BCUT2D eigenvalue weighted by Gasteiger charge is -2.15. The average Bonchev–Trinajstić information content (AvgIpc) is 3.58. The third-order valence-electron chi connectivity index (χ3n) is 11.3. The number of hydrogen-bond donors (Lipinski definition) is 0. The lowest BCUT2D eigenvalue weighted by molar-refractivity contribution is 0.986. The van der Waals surface area contributed by atoms with Crippen molar-refractivity contribution < 1.29 is 0 Å². The summed E-state index contributed by atoms with van der Waals surface area (Å²) in [6, 6.07) is 59.3. The molecule has 0 saturated heterocycles. The molecule has 0 radical (unpaired) electrons. The molecule has 0 unspecified atom stereocenters. The van der Waals surface area contributed by atoms with Gasteiger partial charge in [-0.25, -0.2) is 9.97 Å². The minimum absolute atomic E-state index is 0.679. The number of rotatable bonds is 5. The number of aromatic nitrogens is 3. The van der Waals surface area contributed by atoms with Crippen LogP contribution in [0.5, 0.6) is 0 Å². The first-order valence-corrected chi connectivity index (χ1v) is 18.9. The lowest BCUT2D eigenvalue weighted by atomic mass is 9.88. The van der Waals surface area contributed by atoms with E-state index >= 15 is 0 Å². The summed E-state index contributed by atoms with van der Waals surface area (Å²) in [5.74, 6) is 0.679. The number of benzene rings is 8. The highest BCUT2D eigenvalue weighted by molar-refractivity contribution is 6.18. The predicted octanol–water partition coefficient (Wildman–Crippen LogP) is 12.9. The summed E-state index contributed by atoms with van der Waals surface area (Å²) in [4.78, 5) is 10.7. The molecule has 1 aliphatic rings. The molecule has 2 aromatic heterocycles. The smallest absolute Gasteiger partial charge is 0.235 e. The molecule has 0 bridgehead atoms. The maximum atomic E-state index is 5.40. The van der Waals surface area contributed by atoms with Gasteiger partial charge in [-0.15, -0.1) is 0 Å². The Labute approximate surface area is 313 Å². The van der Waals surface area contributed by atoms with Gasteiger partial charge in [-0.05, 0) is 92.4 Å². The van der Waals surface area contributed by atoms with E-state index in [0.29, 0.717) is 5.95 Å². The molecule has 254 valence electrons. The van der Waals surface area contributed by atoms with Crippen LogP contribution in [0.2, 0.25) is 0 Å². The van der Waals surface area contributed by atoms with E-state index in [1.165, 1.54) is 65.7 Å². The lowest BCUT2D eigenvalue weighted by Crippen LogP contribution is -2.04. The normalized spacial score (nSPS) is 12.7. The van der Waals surface area contributed by atoms with Crippen molar-refractivity contribution >= 4 is 60.3 Å². The average molecular weight is 690 g/mol. The van der Waals surface area contributed by atoms with E-state index in [9.17, 15) is 0 Å². The summed E-state index contributed by atoms with van der Waals surface area (Å²) >= 11 is 0. The van der Waals surface area contributed by atoms with Crippen LogP contribution in [0.4, 0.5) is 0 Å². The molecule has 0 fully saturated rings. The standard InChI is InChI=1S/C51H35N3/c1-3-14-33(15-4-1)30-38-31-36-19-8-10-21-40(36)48-41(23-13-24-42(38)48)37-26-28-44-47(32-37)54(46-29-27-34-16-7-9-20-39(34)49(44)46)51-52-45-25-12-11-22-43(45)50(53-51)35-17-5-2-6-18-35/h1-6,8-15,17-29,31-32H,7,16,30H2. The van der Waals surface area contributed by atoms with Crippen LogP contribution in [0.25, 0.3) is 88.7 Å². The fourth-order valence-corrected chi connectivity index (χ4v) is 8.82. The minimum atomic E-state index is 0.679. The molecule has 0 saturated carbocycles. The largest absolute Gasteiger partial charge is 0.278 e. The van der Waals surface area contributed by atoms with E-state index in [4.69, 9.17) is 9.97 Å². The molecule has 0 amide bonds. The predicted molar refractivity (Wildman–Crippen MR) is 226 cm³/mol. The third-order valence-corrected chi connectivity index (χ3v) is 11.3. The summed E-state index contributed by atoms with van der Waals surface area (Å²) in [5.41, 5.74) is 12.9. The number of nitrogens with zero attached hydrogens (tertiary/aromatic N) is 3. The van der Waals surface area contributed by atoms with Gasteiger partial charge >= 0.3 is 0 Å². The van der Waals surface area contributed by atoms with Crippen LogP contribution >= 0.6 is 0 Å². The van der Waals surface area contributed by atoms with Crippen molar-refractivity contribution in [3.8, 4) is 28.3 Å². The van der Waals surface area contributed by atoms with Crippen molar-refractivity contribution in [1.82, 2.24) is 14.5 Å². The van der Waals surface area contributed by atoms with Gasteiger partial charge in [0.2, 0.25) is 5.95 Å². The van der Waals surface area contributed by atoms with Crippen molar-refractivity contribution in [3.63, 3.8) is 0 Å². The second-order valence-electron chi connectivity index (χ2n) is 14.4. The monoisotopic (exact) mass is 689 g/mol. The molecular formula is C51H35N3. The van der Waals surface area contributed by atoms with E-state index in [2.05, 4.69) is 181 Å². The Morgan fingerprint density at radius 3 is 2.20 bits per heavy atom. The zero-order chi connectivity index (χ0) is 35.6. The van der Waals surface area contributed by atoms with Crippen LogP contribution in [-0.2, 0) is 12.8 Å². The maximum Gasteiger partial charge on any atom is 0.235 e. The van der Waals surface area contributed by atoms with Gasteiger partial charge in [0, 0.05) is 21.7 Å².